The van der Waals surface area contributed by atoms with Crippen LogP contribution in [0.25, 0.3) is 0 Å². The van der Waals surface area contributed by atoms with Crippen LogP contribution in [0, 0.1) is 6.92 Å². The summed E-state index contributed by atoms with van der Waals surface area (Å²) >= 11 is 0. The average molecular weight is 419 g/mol. The van der Waals surface area contributed by atoms with Crippen LogP contribution in [0.5, 0.6) is 0 Å². The lowest BCUT2D eigenvalue weighted by Crippen LogP contribution is -2.34. The van der Waals surface area contributed by atoms with Gasteiger partial charge < -0.3 is 16.0 Å². The minimum absolute atomic E-state index is 0.0625. The molecule has 3 heterocycles. The first-order chi connectivity index (χ1) is 15.1. The molecule has 0 bridgehead atoms. The molecule has 4 rings (SSSR count). The van der Waals surface area contributed by atoms with E-state index in [9.17, 15) is 9.59 Å². The van der Waals surface area contributed by atoms with E-state index in [1.165, 1.54) is 10.1 Å². The van der Waals surface area contributed by atoms with Gasteiger partial charge in [0.15, 0.2) is 5.82 Å². The molecule has 8 heteroatoms. The van der Waals surface area contributed by atoms with Crippen LogP contribution >= 0.6 is 0 Å². The lowest BCUT2D eigenvalue weighted by Gasteiger charge is -2.13. The number of aromatic nitrogens is 3. The van der Waals surface area contributed by atoms with Crippen LogP contribution in [0.1, 0.15) is 22.6 Å². The van der Waals surface area contributed by atoms with E-state index in [1.54, 1.807) is 13.1 Å². The largest absolute Gasteiger partial charge is 0.383 e. The van der Waals surface area contributed by atoms with Gasteiger partial charge in [0.25, 0.3) is 5.56 Å². The maximum atomic E-state index is 12.8. The summed E-state index contributed by atoms with van der Waals surface area (Å²) in [5.41, 5.74) is 4.40. The fourth-order valence-corrected chi connectivity index (χ4v) is 3.56. The molecule has 8 nitrogen and oxygen atoms in total. The van der Waals surface area contributed by atoms with Gasteiger partial charge in [-0.05, 0) is 31.0 Å². The van der Waals surface area contributed by atoms with Crippen molar-refractivity contribution in [3.8, 4) is 0 Å². The van der Waals surface area contributed by atoms with Crippen LogP contribution in [0.2, 0.25) is 0 Å². The first-order valence-corrected chi connectivity index (χ1v) is 10.4. The summed E-state index contributed by atoms with van der Waals surface area (Å²) in [5, 5.41) is 9.21. The predicted octanol–water partition coefficient (Wildman–Crippen LogP) is 1.89. The number of carbonyl (C=O) groups excluding carboxylic acids is 1. The molecule has 160 valence electrons. The number of amides is 1. The monoisotopic (exact) mass is 418 g/mol. The van der Waals surface area contributed by atoms with Gasteiger partial charge in [0.1, 0.15) is 6.54 Å². The molecule has 3 aromatic rings. The molecule has 0 aliphatic carbocycles. The van der Waals surface area contributed by atoms with Crippen molar-refractivity contribution in [1.29, 1.82) is 0 Å². The highest BCUT2D eigenvalue weighted by Gasteiger charge is 2.14. The summed E-state index contributed by atoms with van der Waals surface area (Å²) < 4.78 is 1.44. The Morgan fingerprint density at radius 1 is 1.19 bits per heavy atom. The molecular weight excluding hydrogens is 392 g/mol. The van der Waals surface area contributed by atoms with Crippen LogP contribution in [0.4, 0.5) is 11.5 Å². The van der Waals surface area contributed by atoms with Gasteiger partial charge in [-0.2, -0.15) is 0 Å². The van der Waals surface area contributed by atoms with Gasteiger partial charge in [0.05, 0.1) is 23.6 Å². The van der Waals surface area contributed by atoms with Gasteiger partial charge in [-0.3, -0.25) is 19.1 Å². The van der Waals surface area contributed by atoms with E-state index in [-0.39, 0.29) is 23.8 Å². The highest BCUT2D eigenvalue weighted by Crippen LogP contribution is 2.19. The third kappa shape index (κ3) is 5.09. The minimum atomic E-state index is -0.301. The van der Waals surface area contributed by atoms with E-state index in [4.69, 9.17) is 0 Å². The van der Waals surface area contributed by atoms with Gasteiger partial charge >= 0.3 is 0 Å². The van der Waals surface area contributed by atoms with E-state index >= 15 is 0 Å². The standard InChI is InChI=1S/C23H26N6O2/c1-16-13-27-22(25-11-9-17-5-3-2-4-6-17)23(31)29(16)15-21(30)26-14-18-7-8-19-20(28-18)10-12-24-19/h2-8,13,24H,9-12,14-15H2,1H3,(H,25,27)(H,26,30). The fraction of sp³-hybridized carbons (Fsp3) is 0.304. The molecule has 1 amide bonds. The second-order valence-corrected chi connectivity index (χ2v) is 7.55. The summed E-state index contributed by atoms with van der Waals surface area (Å²) in [5.74, 6) is 0.00850. The molecule has 0 spiro atoms. The number of carbonyl (C=O) groups is 1. The molecule has 1 aliphatic heterocycles. The van der Waals surface area contributed by atoms with Gasteiger partial charge in [0, 0.05) is 31.4 Å². The zero-order valence-electron chi connectivity index (χ0n) is 17.5. The molecule has 0 radical (unpaired) electrons. The molecule has 2 aromatic heterocycles. The van der Waals surface area contributed by atoms with Crippen molar-refractivity contribution in [1.82, 2.24) is 19.9 Å². The normalized spacial score (nSPS) is 12.2. The van der Waals surface area contributed by atoms with Gasteiger partial charge in [-0.25, -0.2) is 4.98 Å². The van der Waals surface area contributed by atoms with E-state index in [0.29, 0.717) is 18.8 Å². The maximum Gasteiger partial charge on any atom is 0.293 e. The van der Waals surface area contributed by atoms with Crippen molar-refractivity contribution in [3.63, 3.8) is 0 Å². The zero-order valence-corrected chi connectivity index (χ0v) is 17.5. The molecule has 3 N–H and O–H groups in total. The lowest BCUT2D eigenvalue weighted by atomic mass is 10.1. The zero-order chi connectivity index (χ0) is 21.6. The molecule has 0 atom stereocenters. The Labute approximate surface area is 180 Å². The Morgan fingerprint density at radius 3 is 2.87 bits per heavy atom. The average Bonchev–Trinajstić information content (AvgIpc) is 3.25. The molecule has 1 aliphatic rings. The first-order valence-electron chi connectivity index (χ1n) is 10.4. The minimum Gasteiger partial charge on any atom is -0.383 e. The summed E-state index contributed by atoms with van der Waals surface area (Å²) in [7, 11) is 0. The highest BCUT2D eigenvalue weighted by atomic mass is 16.2. The van der Waals surface area contributed by atoms with Gasteiger partial charge in [-0.1, -0.05) is 30.3 Å². The second-order valence-electron chi connectivity index (χ2n) is 7.55. The molecular formula is C23H26N6O2. The van der Waals surface area contributed by atoms with Crippen molar-refractivity contribution >= 4 is 17.4 Å². The number of aryl methyl sites for hydroxylation is 1. The molecule has 0 saturated carbocycles. The molecule has 0 fully saturated rings. The van der Waals surface area contributed by atoms with Crippen LogP contribution in [-0.4, -0.2) is 33.5 Å². The number of nitrogens with one attached hydrogen (secondary N) is 3. The smallest absolute Gasteiger partial charge is 0.293 e. The third-order valence-corrected chi connectivity index (χ3v) is 5.28. The Balaban J connectivity index is 1.35. The van der Waals surface area contributed by atoms with Crippen LogP contribution in [0.3, 0.4) is 0 Å². The number of fused-ring (bicyclic) bond motifs is 1. The number of nitrogens with zero attached hydrogens (tertiary/aromatic N) is 3. The maximum absolute atomic E-state index is 12.8. The van der Waals surface area contributed by atoms with Crippen molar-refractivity contribution in [3.05, 3.63) is 81.7 Å². The predicted molar refractivity (Wildman–Crippen MR) is 120 cm³/mol. The summed E-state index contributed by atoms with van der Waals surface area (Å²) in [4.78, 5) is 34.1. The van der Waals surface area contributed by atoms with Crippen LogP contribution in [0.15, 0.2) is 53.5 Å². The Kier molecular flexibility index (Phi) is 6.26. The third-order valence-electron chi connectivity index (χ3n) is 5.28. The quantitative estimate of drug-likeness (QED) is 0.517. The number of hydrogen-bond donors (Lipinski definition) is 3. The highest BCUT2D eigenvalue weighted by molar-refractivity contribution is 5.75. The number of rotatable bonds is 8. The molecule has 0 saturated heterocycles. The van der Waals surface area contributed by atoms with Gasteiger partial charge in [0.2, 0.25) is 5.91 Å². The topological polar surface area (TPSA) is 101 Å². The summed E-state index contributed by atoms with van der Waals surface area (Å²) in [6, 6.07) is 13.9. The summed E-state index contributed by atoms with van der Waals surface area (Å²) in [6.07, 6.45) is 3.27. The van der Waals surface area contributed by atoms with Gasteiger partial charge in [-0.15, -0.1) is 0 Å². The number of hydrogen-bond acceptors (Lipinski definition) is 6. The van der Waals surface area contributed by atoms with Crippen molar-refractivity contribution in [2.45, 2.75) is 32.9 Å². The van der Waals surface area contributed by atoms with Crippen molar-refractivity contribution in [2.75, 3.05) is 23.7 Å². The van der Waals surface area contributed by atoms with Crippen LogP contribution in [-0.2, 0) is 30.7 Å². The molecule has 31 heavy (non-hydrogen) atoms. The van der Waals surface area contributed by atoms with E-state index in [0.717, 1.165) is 36.5 Å². The Bertz CT molecular complexity index is 1130. The second kappa shape index (κ2) is 9.42. The number of benzene rings is 1. The van der Waals surface area contributed by atoms with Crippen LogP contribution < -0.4 is 21.5 Å². The van der Waals surface area contributed by atoms with E-state index in [2.05, 4.69) is 25.9 Å². The van der Waals surface area contributed by atoms with E-state index < -0.39 is 0 Å². The Hall–Kier alpha value is -3.68. The number of pyridine rings is 1. The summed E-state index contributed by atoms with van der Waals surface area (Å²) in [6.45, 7) is 3.51. The molecule has 1 aromatic carbocycles. The lowest BCUT2D eigenvalue weighted by molar-refractivity contribution is -0.121. The van der Waals surface area contributed by atoms with E-state index in [1.807, 2.05) is 42.5 Å². The fourth-order valence-electron chi connectivity index (χ4n) is 3.56. The number of anilines is 2. The SMILES string of the molecule is Cc1cnc(NCCc2ccccc2)c(=O)n1CC(=O)NCc1ccc2c(n1)CCN2. The van der Waals surface area contributed by atoms with Crippen molar-refractivity contribution in [2.24, 2.45) is 0 Å². The Morgan fingerprint density at radius 2 is 2.03 bits per heavy atom. The molecule has 0 unspecified atom stereocenters. The first kappa shape index (κ1) is 20.6. The van der Waals surface area contributed by atoms with Crippen molar-refractivity contribution < 1.29 is 4.79 Å².